The van der Waals surface area contributed by atoms with Crippen LogP contribution in [-0.2, 0) is 10.0 Å². The van der Waals surface area contributed by atoms with Crippen molar-refractivity contribution in [2.45, 2.75) is 77.5 Å². The first kappa shape index (κ1) is 36.9. The van der Waals surface area contributed by atoms with Gasteiger partial charge in [0.05, 0.1) is 5.69 Å². The minimum atomic E-state index is -4.18. The van der Waals surface area contributed by atoms with E-state index in [9.17, 15) is 13.2 Å². The van der Waals surface area contributed by atoms with Crippen LogP contribution in [-0.4, -0.2) is 45.9 Å². The minimum Gasteiger partial charge on any atom is -0.454 e. The number of nitrogens with zero attached hydrogens (tertiary/aromatic N) is 2. The van der Waals surface area contributed by atoms with E-state index >= 15 is 0 Å². The van der Waals surface area contributed by atoms with E-state index in [1.807, 2.05) is 25.1 Å². The molecule has 2 aromatic rings. The maximum Gasteiger partial charge on any atom is 0.253 e. The van der Waals surface area contributed by atoms with E-state index in [4.69, 9.17) is 9.88 Å². The molecule has 0 aliphatic rings. The summed E-state index contributed by atoms with van der Waals surface area (Å²) in [7, 11) is -2.43. The fourth-order valence-corrected chi connectivity index (χ4v) is 4.53. The van der Waals surface area contributed by atoms with Crippen LogP contribution in [0.5, 0.6) is 11.5 Å². The van der Waals surface area contributed by atoms with Gasteiger partial charge >= 0.3 is 0 Å². The van der Waals surface area contributed by atoms with Gasteiger partial charge in [0.15, 0.2) is 5.75 Å². The van der Waals surface area contributed by atoms with E-state index in [1.54, 1.807) is 36.2 Å². The normalized spacial score (nSPS) is 10.3. The first-order valence-electron chi connectivity index (χ1n) is 14.2. The number of hydrogen-bond donors (Lipinski definition) is 1. The molecule has 224 valence electrons. The van der Waals surface area contributed by atoms with Crippen LogP contribution in [0, 0.1) is 0 Å². The van der Waals surface area contributed by atoms with Crippen molar-refractivity contribution < 1.29 is 17.9 Å². The van der Waals surface area contributed by atoms with Gasteiger partial charge in [-0.05, 0) is 50.5 Å². The number of sulfonamides is 1. The highest BCUT2D eigenvalue weighted by Crippen LogP contribution is 2.40. The van der Waals surface area contributed by atoms with Crippen molar-refractivity contribution in [2.24, 2.45) is 5.14 Å². The van der Waals surface area contributed by atoms with Crippen LogP contribution in [0.2, 0.25) is 0 Å². The molecular formula is C32H51N3O4S. The van der Waals surface area contributed by atoms with Gasteiger partial charge in [-0.1, -0.05) is 70.7 Å². The molecule has 0 aromatic heterocycles. The van der Waals surface area contributed by atoms with Gasteiger partial charge < -0.3 is 14.5 Å². The number of carbonyl (C=O) groups excluding carboxylic acids is 1. The Morgan fingerprint density at radius 1 is 0.925 bits per heavy atom. The van der Waals surface area contributed by atoms with Crippen molar-refractivity contribution in [3.05, 3.63) is 73.8 Å². The number of nitrogens with two attached hydrogens (primary N) is 1. The molecule has 8 heteroatoms. The number of rotatable bonds is 15. The van der Waals surface area contributed by atoms with E-state index < -0.39 is 10.0 Å². The molecule has 0 saturated heterocycles. The predicted molar refractivity (Wildman–Crippen MR) is 170 cm³/mol. The van der Waals surface area contributed by atoms with E-state index in [2.05, 4.69) is 45.4 Å². The zero-order valence-electron chi connectivity index (χ0n) is 25.3. The lowest BCUT2D eigenvalue weighted by Gasteiger charge is -2.29. The quantitative estimate of drug-likeness (QED) is 0.173. The molecule has 0 aliphatic carbocycles. The highest BCUT2D eigenvalue weighted by molar-refractivity contribution is 7.89. The lowest BCUT2D eigenvalue weighted by Crippen LogP contribution is -2.30. The molecule has 2 N–H and O–H groups in total. The van der Waals surface area contributed by atoms with Crippen molar-refractivity contribution >= 4 is 21.6 Å². The number of primary sulfonamides is 1. The number of allylic oxidation sites excluding steroid dienone is 1. The zero-order valence-corrected chi connectivity index (χ0v) is 26.1. The predicted octanol–water partition coefficient (Wildman–Crippen LogP) is 7.79. The number of ether oxygens (including phenoxy) is 1. The molecule has 0 unspecified atom stereocenters. The third-order valence-electron chi connectivity index (χ3n) is 5.90. The Morgan fingerprint density at radius 3 is 1.93 bits per heavy atom. The van der Waals surface area contributed by atoms with Crippen LogP contribution in [0.3, 0.4) is 0 Å². The first-order chi connectivity index (χ1) is 19.1. The van der Waals surface area contributed by atoms with Crippen LogP contribution in [0.25, 0.3) is 0 Å². The molecule has 0 saturated carbocycles. The maximum absolute atomic E-state index is 13.3. The van der Waals surface area contributed by atoms with Gasteiger partial charge in [0, 0.05) is 32.2 Å². The number of hydrogen-bond acceptors (Lipinski definition) is 5. The van der Waals surface area contributed by atoms with Gasteiger partial charge in [-0.15, -0.1) is 19.7 Å². The van der Waals surface area contributed by atoms with Crippen molar-refractivity contribution in [1.82, 2.24) is 4.90 Å². The monoisotopic (exact) mass is 573 g/mol. The molecule has 2 rings (SSSR count). The summed E-state index contributed by atoms with van der Waals surface area (Å²) < 4.78 is 31.7. The van der Waals surface area contributed by atoms with Crippen molar-refractivity contribution in [1.29, 1.82) is 0 Å². The number of carbonyl (C=O) groups is 1. The summed E-state index contributed by atoms with van der Waals surface area (Å²) in [6.07, 6.45) is 8.54. The Morgan fingerprint density at radius 2 is 1.45 bits per heavy atom. The van der Waals surface area contributed by atoms with E-state index in [0.29, 0.717) is 23.5 Å². The smallest absolute Gasteiger partial charge is 0.253 e. The molecular weight excluding hydrogens is 522 g/mol. The third-order valence-corrected chi connectivity index (χ3v) is 6.82. The van der Waals surface area contributed by atoms with Crippen molar-refractivity contribution in [3.8, 4) is 11.5 Å². The van der Waals surface area contributed by atoms with Gasteiger partial charge in [0.1, 0.15) is 10.6 Å². The Balaban J connectivity index is 0.00000284. The zero-order chi connectivity index (χ0) is 30.6. The number of anilines is 1. The third kappa shape index (κ3) is 12.8. The van der Waals surface area contributed by atoms with Gasteiger partial charge in [-0.3, -0.25) is 4.79 Å². The van der Waals surface area contributed by atoms with Crippen LogP contribution >= 0.6 is 0 Å². The average molecular weight is 574 g/mol. The van der Waals surface area contributed by atoms with Crippen molar-refractivity contribution in [2.75, 3.05) is 31.6 Å². The summed E-state index contributed by atoms with van der Waals surface area (Å²) in [5.41, 5.74) is 0.869. The second-order valence-corrected chi connectivity index (χ2v) is 10.8. The maximum atomic E-state index is 13.3. The standard InChI is InChI=1S/C27H41N3O4S.C3H6.C2H4/c1-5-8-14-17-29(4)27(31)22-20-24(30(18-9-6-2)19-10-7-3)26(25(21-22)35(28,32)33)34-23-15-12-11-13-16-23;1-3-2;1-2/h11-13,15-16,20-21H,5-10,14,17-19H2,1-4H3,(H2,28,32,33);3H,1H2,2H3;1-2H2. The Labute approximate surface area is 243 Å². The van der Waals surface area contributed by atoms with E-state index in [0.717, 1.165) is 58.0 Å². The van der Waals surface area contributed by atoms with E-state index in [-0.39, 0.29) is 16.6 Å². The number of para-hydroxylation sites is 1. The fourth-order valence-electron chi connectivity index (χ4n) is 3.84. The Kier molecular flexibility index (Phi) is 19.1. The molecule has 2 aromatic carbocycles. The average Bonchev–Trinajstić information content (AvgIpc) is 2.94. The lowest BCUT2D eigenvalue weighted by atomic mass is 10.1. The first-order valence-corrected chi connectivity index (χ1v) is 15.7. The minimum absolute atomic E-state index is 0.163. The van der Waals surface area contributed by atoms with Crippen molar-refractivity contribution in [3.63, 3.8) is 0 Å². The SMILES string of the molecule is C=C.C=CC.CCCCCN(C)C(=O)c1cc(N(CCCC)CCCC)c(Oc2ccccc2)c(S(N)(=O)=O)c1. The number of amides is 1. The molecule has 0 atom stereocenters. The van der Waals surface area contributed by atoms with Crippen LogP contribution in [0.15, 0.2) is 73.2 Å². The lowest BCUT2D eigenvalue weighted by molar-refractivity contribution is 0.0792. The number of unbranched alkanes of at least 4 members (excludes halogenated alkanes) is 4. The Hall–Kier alpha value is -3.10. The fraction of sp³-hybridized carbons (Fsp3) is 0.469. The summed E-state index contributed by atoms with van der Waals surface area (Å²) in [4.78, 5) is 16.9. The van der Waals surface area contributed by atoms with E-state index in [1.165, 1.54) is 6.07 Å². The summed E-state index contributed by atoms with van der Waals surface area (Å²) >= 11 is 0. The van der Waals surface area contributed by atoms with Gasteiger partial charge in [0.25, 0.3) is 5.91 Å². The van der Waals surface area contributed by atoms with Gasteiger partial charge in [0.2, 0.25) is 10.0 Å². The molecule has 40 heavy (non-hydrogen) atoms. The topological polar surface area (TPSA) is 92.9 Å². The summed E-state index contributed by atoms with van der Waals surface area (Å²) in [6.45, 7) is 19.6. The Bertz CT molecular complexity index is 1100. The molecule has 0 fully saturated rings. The summed E-state index contributed by atoms with van der Waals surface area (Å²) in [5.74, 6) is 0.431. The highest BCUT2D eigenvalue weighted by Gasteiger charge is 2.27. The summed E-state index contributed by atoms with van der Waals surface area (Å²) in [6, 6.07) is 12.1. The molecule has 0 spiro atoms. The molecule has 0 aliphatic heterocycles. The highest BCUT2D eigenvalue weighted by atomic mass is 32.2. The van der Waals surface area contributed by atoms with Crippen LogP contribution < -0.4 is 14.8 Å². The number of benzene rings is 2. The molecule has 0 heterocycles. The molecule has 0 radical (unpaired) electrons. The van der Waals surface area contributed by atoms with Gasteiger partial charge in [-0.25, -0.2) is 13.6 Å². The molecule has 7 nitrogen and oxygen atoms in total. The largest absolute Gasteiger partial charge is 0.454 e. The molecule has 1 amide bonds. The molecule has 0 bridgehead atoms. The second-order valence-electron chi connectivity index (χ2n) is 9.32. The van der Waals surface area contributed by atoms with Gasteiger partial charge in [-0.2, -0.15) is 0 Å². The van der Waals surface area contributed by atoms with Crippen LogP contribution in [0.4, 0.5) is 5.69 Å². The van der Waals surface area contributed by atoms with Crippen LogP contribution in [0.1, 0.15) is 83.0 Å². The second kappa shape index (κ2) is 20.8. The summed E-state index contributed by atoms with van der Waals surface area (Å²) in [5, 5.41) is 5.67.